The van der Waals surface area contributed by atoms with E-state index >= 15 is 0 Å². The Morgan fingerprint density at radius 3 is 2.43 bits per heavy atom. The van der Waals surface area contributed by atoms with Crippen LogP contribution in [-0.2, 0) is 16.0 Å². The predicted molar refractivity (Wildman–Crippen MR) is 140 cm³/mol. The lowest BCUT2D eigenvalue weighted by molar-refractivity contribution is -0.187. The molecule has 35 heavy (non-hydrogen) atoms. The van der Waals surface area contributed by atoms with E-state index in [9.17, 15) is 9.59 Å². The molecule has 0 radical (unpaired) electrons. The summed E-state index contributed by atoms with van der Waals surface area (Å²) in [6.45, 7) is 16.6. The van der Waals surface area contributed by atoms with E-state index in [4.69, 9.17) is 13.9 Å². The molecule has 5 nitrogen and oxygen atoms in total. The number of ether oxygens (including phenoxy) is 2. The average molecular weight is 487 g/mol. The highest BCUT2D eigenvalue weighted by atomic mass is 16.6. The topological polar surface area (TPSA) is 65.7 Å². The molecule has 0 spiro atoms. The third-order valence-corrected chi connectivity index (χ3v) is 9.51. The number of carbonyl (C=O) groups is 1. The molecular formula is C30H46O5. The highest BCUT2D eigenvalue weighted by molar-refractivity contribution is 5.66. The van der Waals surface area contributed by atoms with E-state index in [2.05, 4.69) is 40.7 Å². The van der Waals surface area contributed by atoms with Crippen LogP contribution in [0.4, 0.5) is 0 Å². The summed E-state index contributed by atoms with van der Waals surface area (Å²) in [5, 5.41) is 0. The van der Waals surface area contributed by atoms with Crippen LogP contribution in [0.5, 0.6) is 5.95 Å². The Morgan fingerprint density at radius 2 is 1.83 bits per heavy atom. The van der Waals surface area contributed by atoms with Gasteiger partial charge in [0.1, 0.15) is 11.9 Å². The number of methoxy groups -OCH3 is 1. The second-order valence-corrected chi connectivity index (χ2v) is 12.0. The van der Waals surface area contributed by atoms with Crippen molar-refractivity contribution in [2.75, 3.05) is 7.11 Å². The summed E-state index contributed by atoms with van der Waals surface area (Å²) >= 11 is 0. The van der Waals surface area contributed by atoms with Crippen molar-refractivity contribution in [2.45, 2.75) is 106 Å². The summed E-state index contributed by atoms with van der Waals surface area (Å²) in [5.41, 5.74) is 2.62. The largest absolute Gasteiger partial charge is 0.468 e. The van der Waals surface area contributed by atoms with Crippen LogP contribution in [0.1, 0.15) is 97.0 Å². The second kappa shape index (κ2) is 10.5. The van der Waals surface area contributed by atoms with Gasteiger partial charge in [0.25, 0.3) is 5.95 Å². The molecule has 5 heteroatoms. The first-order valence-electron chi connectivity index (χ1n) is 13.3. The Hall–Kier alpha value is -2.04. The van der Waals surface area contributed by atoms with Crippen molar-refractivity contribution in [2.24, 2.45) is 28.6 Å². The maximum atomic E-state index is 13.3. The van der Waals surface area contributed by atoms with E-state index in [1.165, 1.54) is 12.5 Å². The van der Waals surface area contributed by atoms with Crippen molar-refractivity contribution in [3.05, 3.63) is 38.8 Å². The van der Waals surface area contributed by atoms with E-state index < -0.39 is 0 Å². The first kappa shape index (κ1) is 27.5. The van der Waals surface area contributed by atoms with Gasteiger partial charge in [0, 0.05) is 17.9 Å². The van der Waals surface area contributed by atoms with Crippen LogP contribution in [0.15, 0.2) is 20.9 Å². The fourth-order valence-electron chi connectivity index (χ4n) is 7.46. The van der Waals surface area contributed by atoms with Gasteiger partial charge in [-0.3, -0.25) is 9.59 Å². The first-order valence-corrected chi connectivity index (χ1v) is 13.3. The molecule has 2 aliphatic carbocycles. The van der Waals surface area contributed by atoms with Gasteiger partial charge in [0.15, 0.2) is 5.43 Å². The lowest BCUT2D eigenvalue weighted by atomic mass is 9.44. The number of esters is 1. The number of hydrogen-bond donors (Lipinski definition) is 0. The third kappa shape index (κ3) is 5.24. The molecule has 0 aromatic carbocycles. The number of allylic oxidation sites excluding steroid dienone is 2. The molecule has 0 N–H and O–H groups in total. The van der Waals surface area contributed by atoms with Gasteiger partial charge in [0.05, 0.1) is 12.7 Å². The highest BCUT2D eigenvalue weighted by Gasteiger charge is 2.59. The van der Waals surface area contributed by atoms with Crippen LogP contribution in [0.25, 0.3) is 0 Å². The zero-order valence-electron chi connectivity index (χ0n) is 23.4. The maximum absolute atomic E-state index is 13.3. The van der Waals surface area contributed by atoms with Crippen molar-refractivity contribution < 1.29 is 18.7 Å². The van der Waals surface area contributed by atoms with E-state index in [0.29, 0.717) is 47.0 Å². The zero-order chi connectivity index (χ0) is 26.1. The summed E-state index contributed by atoms with van der Waals surface area (Å²) in [5.74, 6) is 1.99. The van der Waals surface area contributed by atoms with Crippen molar-refractivity contribution in [1.82, 2.24) is 0 Å². The van der Waals surface area contributed by atoms with Crippen LogP contribution >= 0.6 is 0 Å². The molecule has 1 aromatic rings. The Bertz CT molecular complexity index is 1020. The van der Waals surface area contributed by atoms with E-state index in [1.54, 1.807) is 7.11 Å². The average Bonchev–Trinajstić information content (AvgIpc) is 2.77. The number of aryl methyl sites for hydroxylation is 1. The molecule has 3 rings (SSSR count). The van der Waals surface area contributed by atoms with Gasteiger partial charge >= 0.3 is 5.97 Å². The SMILES string of the molecule is COc1oc(C)c(C)c(=O)c1C[C@@H]1[C@@H](C)CC[C@H]2[C@](C)(CCC=C(C)C)[C@@H](OC(C)=O)CC[C@@]21C. The molecule has 2 saturated carbocycles. The fraction of sp³-hybridized carbons (Fsp3) is 0.733. The van der Waals surface area contributed by atoms with Crippen molar-refractivity contribution in [3.8, 4) is 5.95 Å². The number of carbonyl (C=O) groups excluding carboxylic acids is 1. The van der Waals surface area contributed by atoms with Gasteiger partial charge < -0.3 is 13.9 Å². The fourth-order valence-corrected chi connectivity index (χ4v) is 7.46. The smallest absolute Gasteiger partial charge is 0.302 e. The van der Waals surface area contributed by atoms with Crippen molar-refractivity contribution in [3.63, 3.8) is 0 Å². The number of hydrogen-bond acceptors (Lipinski definition) is 5. The Balaban J connectivity index is 2.03. The summed E-state index contributed by atoms with van der Waals surface area (Å²) in [4.78, 5) is 25.4. The number of rotatable bonds is 7. The molecule has 0 unspecified atom stereocenters. The summed E-state index contributed by atoms with van der Waals surface area (Å²) in [6.07, 6.45) is 8.94. The van der Waals surface area contributed by atoms with Crippen molar-refractivity contribution >= 4 is 5.97 Å². The second-order valence-electron chi connectivity index (χ2n) is 12.0. The number of fused-ring (bicyclic) bond motifs is 1. The molecule has 2 aliphatic rings. The minimum Gasteiger partial charge on any atom is -0.468 e. The quantitative estimate of drug-likeness (QED) is 0.308. The Kier molecular flexibility index (Phi) is 8.28. The normalized spacial score (nSPS) is 32.5. The van der Waals surface area contributed by atoms with Gasteiger partial charge in [0.2, 0.25) is 0 Å². The molecule has 0 bridgehead atoms. The maximum Gasteiger partial charge on any atom is 0.302 e. The molecular weight excluding hydrogens is 440 g/mol. The van der Waals surface area contributed by atoms with E-state index in [0.717, 1.165) is 38.5 Å². The molecule has 1 aromatic heterocycles. The third-order valence-electron chi connectivity index (χ3n) is 9.51. The lowest BCUT2D eigenvalue weighted by Crippen LogP contribution is -2.58. The van der Waals surface area contributed by atoms with Crippen LogP contribution in [-0.4, -0.2) is 19.2 Å². The predicted octanol–water partition coefficient (Wildman–Crippen LogP) is 6.95. The van der Waals surface area contributed by atoms with Crippen LogP contribution < -0.4 is 10.2 Å². The van der Waals surface area contributed by atoms with E-state index in [1.807, 2.05) is 13.8 Å². The van der Waals surface area contributed by atoms with Crippen LogP contribution in [0, 0.1) is 42.4 Å². The van der Waals surface area contributed by atoms with Gasteiger partial charge in [-0.15, -0.1) is 0 Å². The molecule has 0 saturated heterocycles. The minimum atomic E-state index is -0.190. The molecule has 0 aliphatic heterocycles. The first-order chi connectivity index (χ1) is 16.3. The summed E-state index contributed by atoms with van der Waals surface area (Å²) in [7, 11) is 1.58. The standard InChI is InChI=1S/C30H46O5/c1-18(2)11-10-15-30(8)25-13-12-19(3)24(29(25,7)16-14-26(30)35-22(6)31)17-23-27(32)20(4)21(5)34-28(23)33-9/h11,19,24-26H,10,12-17H2,1-9H3/t19-,24+,25+,26-,29+,30-/m0/s1. The minimum absolute atomic E-state index is 0.0320. The molecule has 2 fully saturated rings. The van der Waals surface area contributed by atoms with Crippen LogP contribution in [0.3, 0.4) is 0 Å². The summed E-state index contributed by atoms with van der Waals surface area (Å²) in [6, 6.07) is 0. The van der Waals surface area contributed by atoms with Crippen molar-refractivity contribution in [1.29, 1.82) is 0 Å². The van der Waals surface area contributed by atoms with E-state index in [-0.39, 0.29) is 28.3 Å². The summed E-state index contributed by atoms with van der Waals surface area (Å²) < 4.78 is 17.4. The van der Waals surface area contributed by atoms with Gasteiger partial charge in [-0.05, 0) is 89.4 Å². The molecule has 6 atom stereocenters. The Morgan fingerprint density at radius 1 is 1.14 bits per heavy atom. The molecule has 196 valence electrons. The molecule has 0 amide bonds. The monoisotopic (exact) mass is 486 g/mol. The van der Waals surface area contributed by atoms with Gasteiger partial charge in [-0.1, -0.05) is 38.8 Å². The zero-order valence-corrected chi connectivity index (χ0v) is 23.4. The lowest BCUT2D eigenvalue weighted by Gasteiger charge is -2.62. The van der Waals surface area contributed by atoms with Gasteiger partial charge in [-0.25, -0.2) is 0 Å². The van der Waals surface area contributed by atoms with Crippen LogP contribution in [0.2, 0.25) is 0 Å². The highest BCUT2D eigenvalue weighted by Crippen LogP contribution is 2.63. The van der Waals surface area contributed by atoms with Gasteiger partial charge in [-0.2, -0.15) is 0 Å². The Labute approximate surface area is 211 Å². The molecule has 1 heterocycles.